The van der Waals surface area contributed by atoms with Gasteiger partial charge in [-0.05, 0) is 11.8 Å². The Morgan fingerprint density at radius 2 is 2.08 bits per heavy atom. The van der Waals surface area contributed by atoms with Crippen LogP contribution in [0.2, 0.25) is 0 Å². The van der Waals surface area contributed by atoms with E-state index in [1.54, 1.807) is 0 Å². The predicted molar refractivity (Wildman–Crippen MR) is 53.6 cm³/mol. The smallest absolute Gasteiger partial charge is 0.286 e. The first kappa shape index (κ1) is 10.6. The molecular weight excluding hydrogens is 186 g/mol. The van der Waals surface area contributed by atoms with Gasteiger partial charge in [-0.1, -0.05) is 39.0 Å². The van der Waals surface area contributed by atoms with Crippen LogP contribution in [0.5, 0.6) is 0 Å². The molecule has 1 aliphatic heterocycles. The lowest BCUT2D eigenvalue weighted by Crippen LogP contribution is -2.27. The molecule has 1 aliphatic rings. The fourth-order valence-electron chi connectivity index (χ4n) is 1.17. The standard InChI is InChI=1S/C9H15NO2S/c1-4-9(2,3)5-6-7(11)10-8(12)13-6/h6H,4-5H2,1-3H3,(H,10,11,12). The van der Waals surface area contributed by atoms with E-state index in [1.165, 1.54) is 0 Å². The molecule has 0 aromatic heterocycles. The van der Waals surface area contributed by atoms with E-state index in [0.29, 0.717) is 0 Å². The van der Waals surface area contributed by atoms with Crippen molar-refractivity contribution in [1.82, 2.24) is 5.32 Å². The highest BCUT2D eigenvalue weighted by atomic mass is 32.2. The summed E-state index contributed by atoms with van der Waals surface area (Å²) in [4.78, 5) is 22.1. The molecule has 0 aromatic rings. The van der Waals surface area contributed by atoms with Crippen LogP contribution in [0.3, 0.4) is 0 Å². The number of hydrogen-bond acceptors (Lipinski definition) is 3. The van der Waals surface area contributed by atoms with Crippen LogP contribution in [0, 0.1) is 5.41 Å². The number of hydrogen-bond donors (Lipinski definition) is 1. The van der Waals surface area contributed by atoms with Crippen molar-refractivity contribution in [1.29, 1.82) is 0 Å². The maximum Gasteiger partial charge on any atom is 0.286 e. The first-order chi connectivity index (χ1) is 5.94. The van der Waals surface area contributed by atoms with Gasteiger partial charge in [0, 0.05) is 0 Å². The van der Waals surface area contributed by atoms with Crippen molar-refractivity contribution in [3.63, 3.8) is 0 Å². The molecular formula is C9H15NO2S. The molecule has 3 nitrogen and oxygen atoms in total. The summed E-state index contributed by atoms with van der Waals surface area (Å²) in [7, 11) is 0. The lowest BCUT2D eigenvalue weighted by Gasteiger charge is -2.24. The molecule has 0 bridgehead atoms. The summed E-state index contributed by atoms with van der Waals surface area (Å²) < 4.78 is 0. The molecule has 1 N–H and O–H groups in total. The molecule has 0 aromatic carbocycles. The molecule has 74 valence electrons. The summed E-state index contributed by atoms with van der Waals surface area (Å²) >= 11 is 1.12. The fourth-order valence-corrected chi connectivity index (χ4v) is 2.29. The Morgan fingerprint density at radius 1 is 1.46 bits per heavy atom. The van der Waals surface area contributed by atoms with Crippen LogP contribution in [0.15, 0.2) is 0 Å². The van der Waals surface area contributed by atoms with Crippen molar-refractivity contribution < 1.29 is 9.59 Å². The van der Waals surface area contributed by atoms with E-state index in [-0.39, 0.29) is 21.8 Å². The molecule has 0 aliphatic carbocycles. The molecule has 4 heteroatoms. The van der Waals surface area contributed by atoms with Gasteiger partial charge in [0.25, 0.3) is 5.24 Å². The summed E-state index contributed by atoms with van der Waals surface area (Å²) in [6.07, 6.45) is 1.79. The van der Waals surface area contributed by atoms with Gasteiger partial charge in [0.2, 0.25) is 5.91 Å². The Morgan fingerprint density at radius 3 is 2.46 bits per heavy atom. The molecule has 1 atom stereocenters. The molecule has 0 radical (unpaired) electrons. The average Bonchev–Trinajstić information content (AvgIpc) is 2.30. The second kappa shape index (κ2) is 3.70. The van der Waals surface area contributed by atoms with Crippen LogP contribution in [-0.4, -0.2) is 16.4 Å². The Labute approximate surface area is 82.6 Å². The Balaban J connectivity index is 2.55. The first-order valence-corrected chi connectivity index (χ1v) is 5.34. The highest BCUT2D eigenvalue weighted by Crippen LogP contribution is 2.33. The summed E-state index contributed by atoms with van der Waals surface area (Å²) in [5.74, 6) is -0.128. The number of nitrogens with one attached hydrogen (secondary N) is 1. The van der Waals surface area contributed by atoms with E-state index in [4.69, 9.17) is 0 Å². The lowest BCUT2D eigenvalue weighted by molar-refractivity contribution is -0.119. The molecule has 0 saturated carbocycles. The summed E-state index contributed by atoms with van der Waals surface area (Å²) in [5, 5.41) is 1.91. The minimum Gasteiger partial charge on any atom is -0.286 e. The van der Waals surface area contributed by atoms with Gasteiger partial charge in [0.1, 0.15) is 0 Å². The maximum atomic E-state index is 11.2. The zero-order valence-electron chi connectivity index (χ0n) is 8.22. The van der Waals surface area contributed by atoms with Crippen LogP contribution in [-0.2, 0) is 4.79 Å². The first-order valence-electron chi connectivity index (χ1n) is 4.46. The van der Waals surface area contributed by atoms with Crippen molar-refractivity contribution >= 4 is 22.9 Å². The zero-order chi connectivity index (χ0) is 10.1. The second-order valence-corrected chi connectivity index (χ2v) is 5.28. The number of rotatable bonds is 3. The molecule has 1 unspecified atom stereocenters. The van der Waals surface area contributed by atoms with E-state index in [1.807, 2.05) is 0 Å². The van der Waals surface area contributed by atoms with Gasteiger partial charge in [-0.3, -0.25) is 14.9 Å². The van der Waals surface area contributed by atoms with Crippen molar-refractivity contribution in [2.24, 2.45) is 5.41 Å². The Hall–Kier alpha value is -0.510. The highest BCUT2D eigenvalue weighted by molar-refractivity contribution is 8.15. The minimum atomic E-state index is -0.207. The third-order valence-corrected chi connectivity index (χ3v) is 3.44. The number of amides is 2. The van der Waals surface area contributed by atoms with Crippen LogP contribution in [0.1, 0.15) is 33.6 Å². The SMILES string of the molecule is CCC(C)(C)CC1SC(=O)NC1=O. The number of carbonyl (C=O) groups is 2. The molecule has 1 heterocycles. The van der Waals surface area contributed by atoms with E-state index in [9.17, 15) is 9.59 Å². The summed E-state index contributed by atoms with van der Waals surface area (Å²) in [6, 6.07) is 0. The second-order valence-electron chi connectivity index (χ2n) is 4.11. The monoisotopic (exact) mass is 201 g/mol. The van der Waals surface area contributed by atoms with Gasteiger partial charge >= 0.3 is 0 Å². The van der Waals surface area contributed by atoms with E-state index in [2.05, 4.69) is 26.1 Å². The molecule has 2 amide bonds. The third kappa shape index (κ3) is 2.72. The molecule has 1 fully saturated rings. The zero-order valence-corrected chi connectivity index (χ0v) is 9.03. The van der Waals surface area contributed by atoms with Crippen LogP contribution in [0.25, 0.3) is 0 Å². The summed E-state index contributed by atoms with van der Waals surface area (Å²) in [5.41, 5.74) is 0.139. The maximum absolute atomic E-state index is 11.2. The van der Waals surface area contributed by atoms with Gasteiger partial charge in [-0.2, -0.15) is 0 Å². The van der Waals surface area contributed by atoms with Crippen LogP contribution in [0.4, 0.5) is 4.79 Å². The van der Waals surface area contributed by atoms with Gasteiger partial charge in [0.05, 0.1) is 5.25 Å². The predicted octanol–water partition coefficient (Wildman–Crippen LogP) is 2.16. The van der Waals surface area contributed by atoms with E-state index >= 15 is 0 Å². The quantitative estimate of drug-likeness (QED) is 0.761. The minimum absolute atomic E-state index is 0.128. The number of imide groups is 1. The van der Waals surface area contributed by atoms with Crippen molar-refractivity contribution in [2.45, 2.75) is 38.9 Å². The highest BCUT2D eigenvalue weighted by Gasteiger charge is 2.35. The van der Waals surface area contributed by atoms with Crippen LogP contribution < -0.4 is 5.32 Å². The Bertz CT molecular complexity index is 238. The molecule has 1 saturated heterocycles. The van der Waals surface area contributed by atoms with Gasteiger partial charge < -0.3 is 0 Å². The molecule has 1 rings (SSSR count). The average molecular weight is 201 g/mol. The van der Waals surface area contributed by atoms with Crippen molar-refractivity contribution in [3.05, 3.63) is 0 Å². The number of thioether (sulfide) groups is 1. The Kier molecular flexibility index (Phi) is 3.01. The van der Waals surface area contributed by atoms with Crippen molar-refractivity contribution in [2.75, 3.05) is 0 Å². The van der Waals surface area contributed by atoms with Gasteiger partial charge in [-0.25, -0.2) is 0 Å². The van der Waals surface area contributed by atoms with E-state index < -0.39 is 0 Å². The topological polar surface area (TPSA) is 46.2 Å². The van der Waals surface area contributed by atoms with Gasteiger partial charge in [-0.15, -0.1) is 0 Å². The molecule has 13 heavy (non-hydrogen) atoms. The largest absolute Gasteiger partial charge is 0.286 e. The molecule has 0 spiro atoms. The van der Waals surface area contributed by atoms with Crippen LogP contribution >= 0.6 is 11.8 Å². The van der Waals surface area contributed by atoms with Crippen molar-refractivity contribution in [3.8, 4) is 0 Å². The lowest BCUT2D eigenvalue weighted by atomic mass is 9.85. The normalized spacial score (nSPS) is 23.5. The number of carbonyl (C=O) groups excluding carboxylic acids is 2. The fraction of sp³-hybridized carbons (Fsp3) is 0.778. The van der Waals surface area contributed by atoms with E-state index in [0.717, 1.165) is 24.6 Å². The summed E-state index contributed by atoms with van der Waals surface area (Å²) in [6.45, 7) is 6.33. The third-order valence-electron chi connectivity index (χ3n) is 2.46. The van der Waals surface area contributed by atoms with Gasteiger partial charge in [0.15, 0.2) is 0 Å².